The monoisotopic (exact) mass is 282 g/mol. The van der Waals surface area contributed by atoms with Crippen molar-refractivity contribution in [3.63, 3.8) is 0 Å². The van der Waals surface area contributed by atoms with E-state index in [1.807, 2.05) is 32.0 Å². The number of ether oxygens (including phenoxy) is 1. The molecule has 3 nitrogen and oxygen atoms in total. The fraction of sp³-hybridized carbons (Fsp3) is 0.467. The van der Waals surface area contributed by atoms with Gasteiger partial charge in [-0.3, -0.25) is 0 Å². The molecule has 0 saturated carbocycles. The average molecular weight is 282 g/mol. The Labute approximate surface area is 116 Å². The summed E-state index contributed by atoms with van der Waals surface area (Å²) >= 11 is 0. The molecule has 0 aliphatic heterocycles. The Morgan fingerprint density at radius 1 is 1.32 bits per heavy atom. The Morgan fingerprint density at radius 3 is 2.58 bits per heavy atom. The maximum atomic E-state index is 12.2. The van der Waals surface area contributed by atoms with Gasteiger partial charge in [0, 0.05) is 0 Å². The minimum Gasteiger partial charge on any atom is -0.376 e. The highest BCUT2D eigenvalue weighted by Gasteiger charge is 2.22. The highest BCUT2D eigenvalue weighted by Crippen LogP contribution is 2.24. The van der Waals surface area contributed by atoms with Crippen molar-refractivity contribution in [2.24, 2.45) is 0 Å². The first-order valence-corrected chi connectivity index (χ1v) is 8.07. The summed E-state index contributed by atoms with van der Waals surface area (Å²) in [4.78, 5) is 0. The molecule has 0 amide bonds. The van der Waals surface area contributed by atoms with Crippen LogP contribution in [0.15, 0.2) is 30.9 Å². The molecule has 0 aromatic heterocycles. The first-order valence-electron chi connectivity index (χ1n) is 6.36. The van der Waals surface area contributed by atoms with Gasteiger partial charge in [0.2, 0.25) is 0 Å². The second kappa shape index (κ2) is 6.87. The van der Waals surface area contributed by atoms with Crippen molar-refractivity contribution in [1.82, 2.24) is 0 Å². The smallest absolute Gasteiger partial charge is 0.159 e. The first-order chi connectivity index (χ1) is 8.88. The van der Waals surface area contributed by atoms with Gasteiger partial charge in [0.15, 0.2) is 9.84 Å². The zero-order valence-corrected chi connectivity index (χ0v) is 12.7. The first kappa shape index (κ1) is 15.9. The molecule has 1 unspecified atom stereocenters. The lowest BCUT2D eigenvalue weighted by Gasteiger charge is -2.14. The average Bonchev–Trinajstić information content (AvgIpc) is 2.37. The normalized spacial score (nSPS) is 13.2. The summed E-state index contributed by atoms with van der Waals surface area (Å²) in [5, 5.41) is -0.501. The zero-order chi connectivity index (χ0) is 14.5. The van der Waals surface area contributed by atoms with Crippen LogP contribution in [0.5, 0.6) is 0 Å². The van der Waals surface area contributed by atoms with Crippen LogP contribution in [-0.4, -0.2) is 27.4 Å². The maximum absolute atomic E-state index is 12.2. The molecule has 106 valence electrons. The number of benzene rings is 1. The molecule has 0 radical (unpaired) electrons. The van der Waals surface area contributed by atoms with Gasteiger partial charge in [-0.15, -0.1) is 6.58 Å². The quantitative estimate of drug-likeness (QED) is 0.570. The summed E-state index contributed by atoms with van der Waals surface area (Å²) in [6, 6.07) is 5.79. The number of aryl methyl sites for hydroxylation is 2. The number of sulfone groups is 1. The maximum Gasteiger partial charge on any atom is 0.159 e. The summed E-state index contributed by atoms with van der Waals surface area (Å²) in [6.07, 6.45) is 1.61. The van der Waals surface area contributed by atoms with Gasteiger partial charge < -0.3 is 4.74 Å². The van der Waals surface area contributed by atoms with Gasteiger partial charge >= 0.3 is 0 Å². The van der Waals surface area contributed by atoms with Gasteiger partial charge in [-0.25, -0.2) is 8.42 Å². The molecule has 19 heavy (non-hydrogen) atoms. The second-order valence-corrected chi connectivity index (χ2v) is 7.16. The van der Waals surface area contributed by atoms with E-state index < -0.39 is 15.1 Å². The summed E-state index contributed by atoms with van der Waals surface area (Å²) in [7, 11) is -3.18. The largest absolute Gasteiger partial charge is 0.376 e. The van der Waals surface area contributed by atoms with Crippen LogP contribution in [0.2, 0.25) is 0 Å². The fourth-order valence-corrected chi connectivity index (χ4v) is 3.01. The van der Waals surface area contributed by atoms with Crippen molar-refractivity contribution >= 4 is 9.84 Å². The lowest BCUT2D eigenvalue weighted by molar-refractivity contribution is 0.179. The molecule has 0 aliphatic rings. The molecule has 0 saturated heterocycles. The SMILES string of the molecule is C=CCOCCS(=O)(=O)C(C)c1ccc(C)c(C)c1. The van der Waals surface area contributed by atoms with Gasteiger partial charge in [0.05, 0.1) is 24.2 Å². The van der Waals surface area contributed by atoms with E-state index in [1.54, 1.807) is 13.0 Å². The van der Waals surface area contributed by atoms with Crippen LogP contribution >= 0.6 is 0 Å². The minimum absolute atomic E-state index is 0.0366. The molecule has 0 fully saturated rings. The van der Waals surface area contributed by atoms with E-state index >= 15 is 0 Å². The number of hydrogen-bond donors (Lipinski definition) is 0. The van der Waals surface area contributed by atoms with E-state index in [0.29, 0.717) is 6.61 Å². The van der Waals surface area contributed by atoms with E-state index in [2.05, 4.69) is 6.58 Å². The Bertz CT molecular complexity index is 532. The van der Waals surface area contributed by atoms with E-state index in [0.717, 1.165) is 11.1 Å². The lowest BCUT2D eigenvalue weighted by Crippen LogP contribution is -2.18. The van der Waals surface area contributed by atoms with Gasteiger partial charge in [-0.05, 0) is 37.5 Å². The van der Waals surface area contributed by atoms with Crippen molar-refractivity contribution in [2.45, 2.75) is 26.0 Å². The number of hydrogen-bond acceptors (Lipinski definition) is 3. The molecular weight excluding hydrogens is 260 g/mol. The van der Waals surface area contributed by atoms with Gasteiger partial charge in [-0.2, -0.15) is 0 Å². The molecule has 1 aromatic rings. The molecule has 1 rings (SSSR count). The molecular formula is C15H22O3S. The Morgan fingerprint density at radius 2 is 2.00 bits per heavy atom. The molecule has 1 aromatic carbocycles. The molecule has 0 aliphatic carbocycles. The summed E-state index contributed by atoms with van der Waals surface area (Å²) in [5.41, 5.74) is 3.12. The van der Waals surface area contributed by atoms with Crippen molar-refractivity contribution in [2.75, 3.05) is 19.0 Å². The summed E-state index contributed by atoms with van der Waals surface area (Å²) in [5.74, 6) is 0.0366. The fourth-order valence-electron chi connectivity index (χ4n) is 1.74. The topological polar surface area (TPSA) is 43.4 Å². The van der Waals surface area contributed by atoms with Crippen LogP contribution in [0.4, 0.5) is 0 Å². The predicted molar refractivity (Wildman–Crippen MR) is 79.1 cm³/mol. The highest BCUT2D eigenvalue weighted by molar-refractivity contribution is 7.91. The Kier molecular flexibility index (Phi) is 5.76. The van der Waals surface area contributed by atoms with Crippen LogP contribution in [0.1, 0.15) is 28.9 Å². The summed E-state index contributed by atoms with van der Waals surface area (Å²) in [6.45, 7) is 9.85. The molecule has 0 heterocycles. The van der Waals surface area contributed by atoms with Crippen molar-refractivity contribution in [1.29, 1.82) is 0 Å². The van der Waals surface area contributed by atoms with Crippen molar-refractivity contribution in [3.8, 4) is 0 Å². The van der Waals surface area contributed by atoms with Crippen LogP contribution < -0.4 is 0 Å². The molecule has 4 heteroatoms. The Hall–Kier alpha value is -1.13. The van der Waals surface area contributed by atoms with Crippen molar-refractivity contribution < 1.29 is 13.2 Å². The highest BCUT2D eigenvalue weighted by atomic mass is 32.2. The van der Waals surface area contributed by atoms with E-state index in [-0.39, 0.29) is 12.4 Å². The standard InChI is InChI=1S/C15H22O3S/c1-5-8-18-9-10-19(16,17)14(4)15-7-6-12(2)13(3)11-15/h5-7,11,14H,1,8-10H2,2-4H3. The predicted octanol–water partition coefficient (Wildman–Crippen LogP) is 2.98. The van der Waals surface area contributed by atoms with Crippen molar-refractivity contribution in [3.05, 3.63) is 47.5 Å². The number of rotatable bonds is 7. The molecule has 1 atom stereocenters. The minimum atomic E-state index is -3.18. The molecule has 0 N–H and O–H groups in total. The van der Waals surface area contributed by atoms with Gasteiger partial charge in [0.25, 0.3) is 0 Å². The van der Waals surface area contributed by atoms with Crippen LogP contribution in [0.25, 0.3) is 0 Å². The van der Waals surface area contributed by atoms with Crippen LogP contribution in [0, 0.1) is 13.8 Å². The van der Waals surface area contributed by atoms with E-state index in [9.17, 15) is 8.42 Å². The third kappa shape index (κ3) is 4.48. The van der Waals surface area contributed by atoms with Gasteiger partial charge in [0.1, 0.15) is 0 Å². The van der Waals surface area contributed by atoms with Gasteiger partial charge in [-0.1, -0.05) is 24.3 Å². The third-order valence-corrected chi connectivity index (χ3v) is 5.37. The molecule has 0 spiro atoms. The lowest BCUT2D eigenvalue weighted by atomic mass is 10.0. The van der Waals surface area contributed by atoms with Crippen LogP contribution in [-0.2, 0) is 14.6 Å². The van der Waals surface area contributed by atoms with E-state index in [4.69, 9.17) is 4.74 Å². The van der Waals surface area contributed by atoms with E-state index in [1.165, 1.54) is 5.56 Å². The third-order valence-electron chi connectivity index (χ3n) is 3.29. The zero-order valence-electron chi connectivity index (χ0n) is 11.8. The second-order valence-electron chi connectivity index (χ2n) is 4.72. The Balaban J connectivity index is 2.76. The van der Waals surface area contributed by atoms with Crippen LogP contribution in [0.3, 0.4) is 0 Å². The molecule has 0 bridgehead atoms. The summed E-state index contributed by atoms with van der Waals surface area (Å²) < 4.78 is 29.5.